The van der Waals surface area contributed by atoms with Gasteiger partial charge < -0.3 is 15.0 Å². The van der Waals surface area contributed by atoms with Gasteiger partial charge in [-0.05, 0) is 19.9 Å². The number of ether oxygens (including phenoxy) is 1. The molecule has 1 saturated heterocycles. The summed E-state index contributed by atoms with van der Waals surface area (Å²) in [5.74, 6) is 0.972. The highest BCUT2D eigenvalue weighted by Crippen LogP contribution is 2.21. The molecule has 0 aromatic heterocycles. The fourth-order valence-corrected chi connectivity index (χ4v) is 2.52. The lowest BCUT2D eigenvalue weighted by atomic mass is 10.1. The number of carbonyl (C=O) groups excluding carboxylic acids is 1. The second-order valence-corrected chi connectivity index (χ2v) is 5.13. The highest BCUT2D eigenvalue weighted by atomic mass is 35.5. The van der Waals surface area contributed by atoms with Gasteiger partial charge in [0.1, 0.15) is 5.75 Å². The predicted molar refractivity (Wildman–Crippen MR) is 82.7 cm³/mol. The smallest absolute Gasteiger partial charge is 0.227 e. The fraction of sp³-hybridized carbons (Fsp3) is 0.533. The van der Waals surface area contributed by atoms with Crippen LogP contribution in [0.4, 0.5) is 0 Å². The Labute approximate surface area is 126 Å². The van der Waals surface area contributed by atoms with Gasteiger partial charge in [0.15, 0.2) is 0 Å². The highest BCUT2D eigenvalue weighted by Gasteiger charge is 2.23. The van der Waals surface area contributed by atoms with Crippen molar-refractivity contribution in [1.82, 2.24) is 10.2 Å². The van der Waals surface area contributed by atoms with Crippen LogP contribution in [0.3, 0.4) is 0 Å². The van der Waals surface area contributed by atoms with Gasteiger partial charge in [0.2, 0.25) is 5.91 Å². The average molecular weight is 299 g/mol. The zero-order chi connectivity index (χ0) is 13.8. The molecule has 1 N–H and O–H groups in total. The van der Waals surface area contributed by atoms with E-state index in [2.05, 4.69) is 12.2 Å². The van der Waals surface area contributed by atoms with Gasteiger partial charge in [0.05, 0.1) is 13.5 Å². The van der Waals surface area contributed by atoms with E-state index in [0.29, 0.717) is 6.42 Å². The molecule has 1 fully saturated rings. The second-order valence-electron chi connectivity index (χ2n) is 5.13. The first-order chi connectivity index (χ1) is 9.11. The van der Waals surface area contributed by atoms with Crippen molar-refractivity contribution in [3.8, 4) is 5.75 Å². The van der Waals surface area contributed by atoms with Crippen molar-refractivity contribution in [2.45, 2.75) is 26.3 Å². The Morgan fingerprint density at radius 1 is 1.50 bits per heavy atom. The van der Waals surface area contributed by atoms with Gasteiger partial charge >= 0.3 is 0 Å². The molecule has 0 aliphatic carbocycles. The number of amides is 1. The van der Waals surface area contributed by atoms with Gasteiger partial charge in [-0.1, -0.05) is 17.7 Å². The molecule has 2 rings (SSSR count). The minimum Gasteiger partial charge on any atom is -0.496 e. The Morgan fingerprint density at radius 3 is 2.90 bits per heavy atom. The molecule has 0 bridgehead atoms. The number of methoxy groups -OCH3 is 1. The van der Waals surface area contributed by atoms with Crippen LogP contribution in [-0.2, 0) is 11.2 Å². The van der Waals surface area contributed by atoms with Crippen molar-refractivity contribution in [1.29, 1.82) is 0 Å². The average Bonchev–Trinajstić information content (AvgIpc) is 2.39. The summed E-state index contributed by atoms with van der Waals surface area (Å²) in [5, 5.41) is 3.30. The van der Waals surface area contributed by atoms with E-state index in [4.69, 9.17) is 4.74 Å². The van der Waals surface area contributed by atoms with Crippen molar-refractivity contribution in [2.75, 3.05) is 26.7 Å². The number of piperazine rings is 1. The molecule has 1 aromatic carbocycles. The topological polar surface area (TPSA) is 41.6 Å². The molecular weight excluding hydrogens is 276 g/mol. The van der Waals surface area contributed by atoms with Crippen LogP contribution in [-0.4, -0.2) is 43.6 Å². The third-order valence-corrected chi connectivity index (χ3v) is 3.60. The monoisotopic (exact) mass is 298 g/mol. The van der Waals surface area contributed by atoms with E-state index in [9.17, 15) is 4.79 Å². The van der Waals surface area contributed by atoms with Crippen molar-refractivity contribution in [2.24, 2.45) is 0 Å². The van der Waals surface area contributed by atoms with Gasteiger partial charge in [-0.2, -0.15) is 0 Å². The summed E-state index contributed by atoms with van der Waals surface area (Å²) >= 11 is 0. The molecule has 0 radical (unpaired) electrons. The van der Waals surface area contributed by atoms with E-state index in [0.717, 1.165) is 36.5 Å². The molecule has 1 amide bonds. The van der Waals surface area contributed by atoms with E-state index in [1.54, 1.807) is 7.11 Å². The van der Waals surface area contributed by atoms with Crippen LogP contribution in [0, 0.1) is 6.92 Å². The summed E-state index contributed by atoms with van der Waals surface area (Å²) in [6.45, 7) is 6.64. The third-order valence-electron chi connectivity index (χ3n) is 3.60. The number of hydrogen-bond acceptors (Lipinski definition) is 3. The number of aryl methyl sites for hydroxylation is 1. The number of hydrogen-bond donors (Lipinski definition) is 1. The molecule has 112 valence electrons. The minimum absolute atomic E-state index is 0. The largest absolute Gasteiger partial charge is 0.496 e. The van der Waals surface area contributed by atoms with Crippen LogP contribution in [0.25, 0.3) is 0 Å². The number of rotatable bonds is 3. The van der Waals surface area contributed by atoms with Crippen molar-refractivity contribution in [3.05, 3.63) is 29.3 Å². The lowest BCUT2D eigenvalue weighted by Gasteiger charge is -2.34. The number of halogens is 1. The summed E-state index contributed by atoms with van der Waals surface area (Å²) in [5.41, 5.74) is 2.12. The Bertz CT molecular complexity index is 465. The quantitative estimate of drug-likeness (QED) is 0.925. The van der Waals surface area contributed by atoms with Crippen LogP contribution < -0.4 is 10.1 Å². The van der Waals surface area contributed by atoms with Crippen molar-refractivity contribution in [3.63, 3.8) is 0 Å². The van der Waals surface area contributed by atoms with Crippen molar-refractivity contribution < 1.29 is 9.53 Å². The maximum absolute atomic E-state index is 12.4. The molecule has 1 aromatic rings. The second kappa shape index (κ2) is 7.50. The summed E-state index contributed by atoms with van der Waals surface area (Å²) < 4.78 is 5.33. The number of carbonyl (C=O) groups is 1. The van der Waals surface area contributed by atoms with Gasteiger partial charge in [-0.25, -0.2) is 0 Å². The Morgan fingerprint density at radius 2 is 2.25 bits per heavy atom. The summed E-state index contributed by atoms with van der Waals surface area (Å²) in [6.07, 6.45) is 0.412. The molecule has 1 aliphatic rings. The molecule has 1 atom stereocenters. The van der Waals surface area contributed by atoms with Crippen molar-refractivity contribution >= 4 is 18.3 Å². The molecule has 0 saturated carbocycles. The van der Waals surface area contributed by atoms with Crippen LogP contribution in [0.15, 0.2) is 18.2 Å². The van der Waals surface area contributed by atoms with Crippen LogP contribution in [0.1, 0.15) is 18.1 Å². The molecule has 20 heavy (non-hydrogen) atoms. The Balaban J connectivity index is 0.00000200. The Hall–Kier alpha value is -1.26. The SMILES string of the molecule is COc1ccc(C)cc1CC(=O)N1CCNC[C@H]1C.Cl. The standard InChI is InChI=1S/C15H22N2O2.ClH/c1-11-4-5-14(19-3)13(8-11)9-15(18)17-7-6-16-10-12(17)2;/h4-5,8,12,16H,6-7,9-10H2,1-3H3;1H/t12-;/m1./s1. The zero-order valence-electron chi connectivity index (χ0n) is 12.3. The van der Waals surface area contributed by atoms with Gasteiger partial charge in [-0.15, -0.1) is 12.4 Å². The minimum atomic E-state index is 0. The van der Waals surface area contributed by atoms with E-state index in [1.807, 2.05) is 30.0 Å². The van der Waals surface area contributed by atoms with Crippen LogP contribution >= 0.6 is 12.4 Å². The van der Waals surface area contributed by atoms with E-state index in [1.165, 1.54) is 0 Å². The fourth-order valence-electron chi connectivity index (χ4n) is 2.52. The van der Waals surface area contributed by atoms with Crippen LogP contribution in [0.2, 0.25) is 0 Å². The number of nitrogens with zero attached hydrogens (tertiary/aromatic N) is 1. The number of benzene rings is 1. The maximum Gasteiger partial charge on any atom is 0.227 e. The summed E-state index contributed by atoms with van der Waals surface area (Å²) in [6, 6.07) is 6.22. The summed E-state index contributed by atoms with van der Waals surface area (Å²) in [4.78, 5) is 14.4. The summed E-state index contributed by atoms with van der Waals surface area (Å²) in [7, 11) is 1.64. The molecule has 0 unspecified atom stereocenters. The molecular formula is C15H23ClN2O2. The molecule has 0 spiro atoms. The highest BCUT2D eigenvalue weighted by molar-refractivity contribution is 5.85. The van der Waals surface area contributed by atoms with E-state index < -0.39 is 0 Å². The first-order valence-electron chi connectivity index (χ1n) is 6.75. The molecule has 5 heteroatoms. The molecule has 1 heterocycles. The lowest BCUT2D eigenvalue weighted by molar-refractivity contribution is -0.133. The number of nitrogens with one attached hydrogen (secondary N) is 1. The first-order valence-corrected chi connectivity index (χ1v) is 6.75. The molecule has 1 aliphatic heterocycles. The van der Waals surface area contributed by atoms with Crippen LogP contribution in [0.5, 0.6) is 5.75 Å². The van der Waals surface area contributed by atoms with Gasteiger partial charge in [0.25, 0.3) is 0 Å². The van der Waals surface area contributed by atoms with Gasteiger partial charge in [0, 0.05) is 31.2 Å². The third kappa shape index (κ3) is 3.87. The normalized spacial score (nSPS) is 18.4. The van der Waals surface area contributed by atoms with E-state index >= 15 is 0 Å². The van der Waals surface area contributed by atoms with Gasteiger partial charge in [-0.3, -0.25) is 4.79 Å². The Kier molecular flexibility index (Phi) is 6.30. The predicted octanol–water partition coefficient (Wildman–Crippen LogP) is 1.79. The molecule has 4 nitrogen and oxygen atoms in total. The zero-order valence-corrected chi connectivity index (χ0v) is 13.1. The lowest BCUT2D eigenvalue weighted by Crippen LogP contribution is -2.52. The maximum atomic E-state index is 12.4. The van der Waals surface area contributed by atoms with E-state index in [-0.39, 0.29) is 24.4 Å². The first kappa shape index (κ1) is 16.8.